The van der Waals surface area contributed by atoms with Crippen molar-refractivity contribution in [1.29, 1.82) is 0 Å². The maximum atomic E-state index is 12.9. The number of benzene rings is 1. The van der Waals surface area contributed by atoms with Crippen molar-refractivity contribution >= 4 is 73.3 Å². The van der Waals surface area contributed by atoms with Crippen molar-refractivity contribution < 1.29 is 19.5 Å². The number of rotatable bonds is 3. The van der Waals surface area contributed by atoms with E-state index >= 15 is 0 Å². The lowest BCUT2D eigenvalue weighted by Crippen LogP contribution is -2.35. The number of amides is 2. The summed E-state index contributed by atoms with van der Waals surface area (Å²) in [6, 6.07) is 4.98. The highest BCUT2D eigenvalue weighted by molar-refractivity contribution is 9.10. The summed E-state index contributed by atoms with van der Waals surface area (Å²) in [6.45, 7) is 3.22. The van der Waals surface area contributed by atoms with E-state index in [-0.39, 0.29) is 22.4 Å². The number of hydrogen-bond donors (Lipinski definition) is 1. The summed E-state index contributed by atoms with van der Waals surface area (Å²) in [6.07, 6.45) is 0. The molecule has 1 saturated heterocycles. The number of carbonyl (C=O) groups excluding carboxylic acids is 2. The highest BCUT2D eigenvalue weighted by Gasteiger charge is 2.43. The highest BCUT2D eigenvalue weighted by atomic mass is 79.9. The maximum absolute atomic E-state index is 12.9. The molecule has 1 N–H and O–H groups in total. The smallest absolute Gasteiger partial charge is 0.323 e. The van der Waals surface area contributed by atoms with Crippen molar-refractivity contribution in [2.24, 2.45) is 0 Å². The second kappa shape index (κ2) is 6.54. The third kappa shape index (κ3) is 3.00. The molecule has 25 heavy (non-hydrogen) atoms. The van der Waals surface area contributed by atoms with Gasteiger partial charge in [0.2, 0.25) is 0 Å². The Hall–Kier alpha value is -1.71. The lowest BCUT2D eigenvalue weighted by molar-refractivity contribution is -0.136. The lowest BCUT2D eigenvalue weighted by atomic mass is 10.1. The molecule has 0 bridgehead atoms. The van der Waals surface area contributed by atoms with Gasteiger partial charge < -0.3 is 5.11 Å². The first-order valence-corrected chi connectivity index (χ1v) is 9.37. The predicted octanol–water partition coefficient (Wildman–Crippen LogP) is 2.86. The Kier molecular flexibility index (Phi) is 4.74. The predicted molar refractivity (Wildman–Crippen MR) is 103 cm³/mol. The summed E-state index contributed by atoms with van der Waals surface area (Å²) >= 11 is 9.71. The van der Waals surface area contributed by atoms with Gasteiger partial charge in [-0.15, -0.1) is 0 Å². The van der Waals surface area contributed by atoms with E-state index in [4.69, 9.17) is 17.3 Å². The van der Waals surface area contributed by atoms with Gasteiger partial charge in [0.05, 0.1) is 16.2 Å². The van der Waals surface area contributed by atoms with Gasteiger partial charge in [0.1, 0.15) is 10.9 Å². The first-order valence-electron chi connectivity index (χ1n) is 7.35. The average Bonchev–Trinajstić information content (AvgIpc) is 2.93. The monoisotopic (exact) mass is 440 g/mol. The zero-order valence-electron chi connectivity index (χ0n) is 13.3. The molecule has 1 aromatic rings. The van der Waals surface area contributed by atoms with E-state index in [9.17, 15) is 14.4 Å². The van der Waals surface area contributed by atoms with E-state index in [0.717, 1.165) is 16.2 Å². The molecular formula is C16H13BrN2O4S2. The van der Waals surface area contributed by atoms with Gasteiger partial charge in [0, 0.05) is 16.1 Å². The molecule has 0 aliphatic carbocycles. The number of halogens is 1. The Labute approximate surface area is 162 Å². The molecule has 1 fully saturated rings. The Bertz CT molecular complexity index is 866. The fraction of sp³-hybridized carbons (Fsp3) is 0.250. The summed E-state index contributed by atoms with van der Waals surface area (Å²) in [5.41, 5.74) is 1.21. The summed E-state index contributed by atoms with van der Waals surface area (Å²) < 4.78 is 1.12. The second-order valence-electron chi connectivity index (χ2n) is 5.79. The molecule has 1 aromatic carbocycles. The Balaban J connectivity index is 2.19. The van der Waals surface area contributed by atoms with Gasteiger partial charge in [0.15, 0.2) is 0 Å². The van der Waals surface area contributed by atoms with Crippen LogP contribution < -0.4 is 4.90 Å². The van der Waals surface area contributed by atoms with Crippen LogP contribution in [-0.2, 0) is 14.4 Å². The van der Waals surface area contributed by atoms with Crippen LogP contribution in [-0.4, -0.2) is 44.7 Å². The molecule has 0 unspecified atom stereocenters. The van der Waals surface area contributed by atoms with Gasteiger partial charge in [-0.3, -0.25) is 24.2 Å². The Morgan fingerprint density at radius 1 is 1.32 bits per heavy atom. The van der Waals surface area contributed by atoms with Crippen LogP contribution in [0.3, 0.4) is 0 Å². The molecule has 2 amide bonds. The third-order valence-electron chi connectivity index (χ3n) is 3.81. The quantitative estimate of drug-likeness (QED) is 0.574. The number of aliphatic carboxylic acids is 1. The summed E-state index contributed by atoms with van der Waals surface area (Å²) in [7, 11) is 0. The topological polar surface area (TPSA) is 77.9 Å². The molecule has 2 aliphatic heterocycles. The van der Waals surface area contributed by atoms with Crippen molar-refractivity contribution in [2.45, 2.75) is 19.9 Å². The SMILES string of the molecule is CC(C)N1C(=O)C(=C2C(=O)N(CC(=O)O)c3ccc(Br)cc32)SC1=S. The fourth-order valence-electron chi connectivity index (χ4n) is 2.79. The highest BCUT2D eigenvalue weighted by Crippen LogP contribution is 2.45. The number of carboxylic acid groups (broad SMARTS) is 1. The minimum Gasteiger partial charge on any atom is -0.480 e. The third-order valence-corrected chi connectivity index (χ3v) is 5.71. The number of thioether (sulfide) groups is 1. The van der Waals surface area contributed by atoms with Crippen LogP contribution in [0.1, 0.15) is 19.4 Å². The van der Waals surface area contributed by atoms with Crippen LogP contribution in [0.25, 0.3) is 5.57 Å². The molecule has 2 aliphatic rings. The Morgan fingerprint density at radius 2 is 2.00 bits per heavy atom. The van der Waals surface area contributed by atoms with Gasteiger partial charge in [-0.1, -0.05) is 39.9 Å². The molecule has 9 heteroatoms. The summed E-state index contributed by atoms with van der Waals surface area (Å²) in [5.74, 6) is -1.95. The number of thiocarbonyl (C=S) groups is 1. The van der Waals surface area contributed by atoms with Crippen LogP contribution in [0.2, 0.25) is 0 Å². The fourth-order valence-corrected chi connectivity index (χ4v) is 4.75. The first-order chi connectivity index (χ1) is 11.7. The van der Waals surface area contributed by atoms with Crippen molar-refractivity contribution in [3.8, 4) is 0 Å². The number of anilines is 1. The van der Waals surface area contributed by atoms with E-state index in [1.807, 2.05) is 13.8 Å². The minimum atomic E-state index is -1.13. The zero-order valence-corrected chi connectivity index (χ0v) is 16.5. The molecular weight excluding hydrogens is 428 g/mol. The van der Waals surface area contributed by atoms with E-state index in [1.54, 1.807) is 18.2 Å². The van der Waals surface area contributed by atoms with E-state index in [2.05, 4.69) is 15.9 Å². The molecule has 0 aromatic heterocycles. The van der Waals surface area contributed by atoms with Crippen molar-refractivity contribution in [3.05, 3.63) is 33.1 Å². The van der Waals surface area contributed by atoms with E-state index in [0.29, 0.717) is 15.6 Å². The van der Waals surface area contributed by atoms with Crippen LogP contribution >= 0.6 is 39.9 Å². The van der Waals surface area contributed by atoms with Gasteiger partial charge in [-0.2, -0.15) is 0 Å². The van der Waals surface area contributed by atoms with Crippen LogP contribution in [0.5, 0.6) is 0 Å². The first kappa shape index (κ1) is 18.1. The molecule has 2 heterocycles. The molecule has 6 nitrogen and oxygen atoms in total. The minimum absolute atomic E-state index is 0.126. The standard InChI is InChI=1S/C16H13BrN2O4S2/c1-7(2)19-15(23)13(25-16(19)24)12-9-5-8(17)3-4-10(9)18(14(12)22)6-11(20)21/h3-5,7H,6H2,1-2H3,(H,20,21). The maximum Gasteiger partial charge on any atom is 0.323 e. The van der Waals surface area contributed by atoms with Gasteiger partial charge in [0.25, 0.3) is 11.8 Å². The molecule has 130 valence electrons. The normalized spacial score (nSPS) is 20.1. The van der Waals surface area contributed by atoms with Crippen LogP contribution in [0.15, 0.2) is 27.6 Å². The van der Waals surface area contributed by atoms with Crippen molar-refractivity contribution in [3.63, 3.8) is 0 Å². The number of hydrogen-bond acceptors (Lipinski definition) is 5. The van der Waals surface area contributed by atoms with E-state index in [1.165, 1.54) is 9.80 Å². The lowest BCUT2D eigenvalue weighted by Gasteiger charge is -2.18. The van der Waals surface area contributed by atoms with E-state index < -0.39 is 18.4 Å². The zero-order chi connectivity index (χ0) is 18.5. The molecule has 0 atom stereocenters. The summed E-state index contributed by atoms with van der Waals surface area (Å²) in [4.78, 5) is 39.7. The number of fused-ring (bicyclic) bond motifs is 1. The van der Waals surface area contributed by atoms with Gasteiger partial charge in [-0.05, 0) is 32.0 Å². The Morgan fingerprint density at radius 3 is 2.56 bits per heavy atom. The number of nitrogens with zero attached hydrogens (tertiary/aromatic N) is 2. The summed E-state index contributed by atoms with van der Waals surface area (Å²) in [5, 5.41) is 9.11. The molecule has 0 saturated carbocycles. The largest absolute Gasteiger partial charge is 0.480 e. The number of carbonyl (C=O) groups is 3. The van der Waals surface area contributed by atoms with Gasteiger partial charge >= 0.3 is 5.97 Å². The van der Waals surface area contributed by atoms with Crippen molar-refractivity contribution in [2.75, 3.05) is 11.4 Å². The van der Waals surface area contributed by atoms with Crippen LogP contribution in [0.4, 0.5) is 5.69 Å². The molecule has 3 rings (SSSR count). The molecule has 0 spiro atoms. The van der Waals surface area contributed by atoms with Crippen LogP contribution in [0, 0.1) is 0 Å². The number of carboxylic acids is 1. The van der Waals surface area contributed by atoms with Crippen molar-refractivity contribution in [1.82, 2.24) is 4.90 Å². The second-order valence-corrected chi connectivity index (χ2v) is 8.35. The average molecular weight is 441 g/mol. The van der Waals surface area contributed by atoms with Gasteiger partial charge in [-0.25, -0.2) is 0 Å². The molecule has 0 radical (unpaired) electrons.